The maximum atomic E-state index is 13.6. The molecule has 3 aromatic carbocycles. The number of fused-ring (bicyclic) bond motifs is 1. The van der Waals surface area contributed by atoms with Gasteiger partial charge in [-0.15, -0.1) is 0 Å². The predicted octanol–water partition coefficient (Wildman–Crippen LogP) is 3.51. The van der Waals surface area contributed by atoms with Gasteiger partial charge in [0.15, 0.2) is 11.2 Å². The van der Waals surface area contributed by atoms with Crippen LogP contribution in [0.5, 0.6) is 0 Å². The number of nitriles is 1. The molecular formula is C27H21N5O2. The van der Waals surface area contributed by atoms with E-state index in [9.17, 15) is 9.59 Å². The SMILES string of the molecule is N#Cc1ccc(Cn2cnc3c2c(=O)n(CCc2ccccc2)c(=O)n3-c2ccccc2)cc1. The highest BCUT2D eigenvalue weighted by Gasteiger charge is 2.19. The van der Waals surface area contributed by atoms with E-state index in [0.29, 0.717) is 35.4 Å². The molecular weight excluding hydrogens is 426 g/mol. The summed E-state index contributed by atoms with van der Waals surface area (Å²) in [6, 6.07) is 28.3. The van der Waals surface area contributed by atoms with Crippen molar-refractivity contribution in [3.63, 3.8) is 0 Å². The molecule has 0 saturated carbocycles. The summed E-state index contributed by atoms with van der Waals surface area (Å²) in [5.74, 6) is 0. The van der Waals surface area contributed by atoms with Crippen LogP contribution in [0.4, 0.5) is 0 Å². The van der Waals surface area contributed by atoms with Crippen LogP contribution in [0.3, 0.4) is 0 Å². The third-order valence-electron chi connectivity index (χ3n) is 5.82. The molecule has 166 valence electrons. The molecule has 34 heavy (non-hydrogen) atoms. The van der Waals surface area contributed by atoms with Crippen LogP contribution >= 0.6 is 0 Å². The van der Waals surface area contributed by atoms with Gasteiger partial charge in [-0.05, 0) is 41.8 Å². The van der Waals surface area contributed by atoms with Crippen LogP contribution in [-0.4, -0.2) is 18.7 Å². The summed E-state index contributed by atoms with van der Waals surface area (Å²) >= 11 is 0. The van der Waals surface area contributed by atoms with E-state index in [-0.39, 0.29) is 12.1 Å². The van der Waals surface area contributed by atoms with Crippen LogP contribution in [-0.2, 0) is 19.5 Å². The average molecular weight is 447 g/mol. The number of hydrogen-bond acceptors (Lipinski definition) is 4. The quantitative estimate of drug-likeness (QED) is 0.399. The molecule has 0 spiro atoms. The van der Waals surface area contributed by atoms with Crippen LogP contribution in [0.1, 0.15) is 16.7 Å². The maximum Gasteiger partial charge on any atom is 0.337 e. The lowest BCUT2D eigenvalue weighted by Gasteiger charge is -2.13. The molecule has 0 saturated heterocycles. The van der Waals surface area contributed by atoms with Gasteiger partial charge in [-0.3, -0.25) is 9.36 Å². The van der Waals surface area contributed by atoms with Gasteiger partial charge < -0.3 is 4.57 Å². The van der Waals surface area contributed by atoms with E-state index in [1.165, 1.54) is 9.13 Å². The fraction of sp³-hybridized carbons (Fsp3) is 0.111. The number of rotatable bonds is 6. The second-order valence-electron chi connectivity index (χ2n) is 8.00. The van der Waals surface area contributed by atoms with Crippen molar-refractivity contribution in [1.82, 2.24) is 18.7 Å². The Labute approximate surface area is 195 Å². The Kier molecular flexibility index (Phi) is 5.63. The lowest BCUT2D eigenvalue weighted by molar-refractivity contribution is 0.615. The average Bonchev–Trinajstić information content (AvgIpc) is 3.29. The van der Waals surface area contributed by atoms with E-state index in [0.717, 1.165) is 11.1 Å². The summed E-state index contributed by atoms with van der Waals surface area (Å²) in [5.41, 5.74) is 3.09. The Bertz CT molecular complexity index is 1610. The van der Waals surface area contributed by atoms with Crippen molar-refractivity contribution in [2.45, 2.75) is 19.5 Å². The largest absolute Gasteiger partial charge is 0.337 e. The van der Waals surface area contributed by atoms with Crippen molar-refractivity contribution >= 4 is 11.2 Å². The molecule has 0 N–H and O–H groups in total. The molecule has 2 aromatic heterocycles. The van der Waals surface area contributed by atoms with E-state index in [4.69, 9.17) is 5.26 Å². The van der Waals surface area contributed by atoms with Gasteiger partial charge in [0.1, 0.15) is 0 Å². The minimum atomic E-state index is -0.414. The summed E-state index contributed by atoms with van der Waals surface area (Å²) in [6.07, 6.45) is 2.14. The first kappa shape index (κ1) is 21.2. The van der Waals surface area contributed by atoms with Gasteiger partial charge in [0.05, 0.1) is 23.6 Å². The molecule has 0 radical (unpaired) electrons. The molecule has 0 aliphatic rings. The zero-order valence-electron chi connectivity index (χ0n) is 18.3. The van der Waals surface area contributed by atoms with Crippen molar-refractivity contribution in [1.29, 1.82) is 5.26 Å². The van der Waals surface area contributed by atoms with Gasteiger partial charge in [0.25, 0.3) is 5.56 Å². The molecule has 7 heteroatoms. The highest BCUT2D eigenvalue weighted by atomic mass is 16.2. The molecule has 0 amide bonds. The van der Waals surface area contributed by atoms with Gasteiger partial charge in [-0.25, -0.2) is 14.3 Å². The third-order valence-corrected chi connectivity index (χ3v) is 5.82. The summed E-state index contributed by atoms with van der Waals surface area (Å²) in [6.45, 7) is 0.648. The lowest BCUT2D eigenvalue weighted by Crippen LogP contribution is -2.40. The van der Waals surface area contributed by atoms with Crippen LogP contribution < -0.4 is 11.2 Å². The Balaban J connectivity index is 1.66. The van der Waals surface area contributed by atoms with Crippen molar-refractivity contribution in [3.05, 3.63) is 129 Å². The molecule has 0 unspecified atom stereocenters. The number of aromatic nitrogens is 4. The highest BCUT2D eigenvalue weighted by molar-refractivity contribution is 5.72. The molecule has 0 aliphatic carbocycles. The minimum Gasteiger partial charge on any atom is -0.320 e. The van der Waals surface area contributed by atoms with Crippen molar-refractivity contribution in [3.8, 4) is 11.8 Å². The molecule has 2 heterocycles. The minimum absolute atomic E-state index is 0.256. The maximum absolute atomic E-state index is 13.6. The first-order valence-electron chi connectivity index (χ1n) is 10.9. The first-order valence-corrected chi connectivity index (χ1v) is 10.9. The molecule has 0 atom stereocenters. The lowest BCUT2D eigenvalue weighted by atomic mass is 10.1. The fourth-order valence-electron chi connectivity index (χ4n) is 4.07. The van der Waals surface area contributed by atoms with Crippen LogP contribution in [0.2, 0.25) is 0 Å². The zero-order chi connectivity index (χ0) is 23.5. The van der Waals surface area contributed by atoms with E-state index >= 15 is 0 Å². The summed E-state index contributed by atoms with van der Waals surface area (Å²) < 4.78 is 4.55. The number of nitrogens with zero attached hydrogens (tertiary/aromatic N) is 5. The van der Waals surface area contributed by atoms with Gasteiger partial charge in [-0.2, -0.15) is 5.26 Å². The van der Waals surface area contributed by atoms with Crippen LogP contribution in [0.25, 0.3) is 16.9 Å². The van der Waals surface area contributed by atoms with E-state index < -0.39 is 5.69 Å². The number of para-hydroxylation sites is 1. The normalized spacial score (nSPS) is 10.9. The first-order chi connectivity index (χ1) is 16.7. The third kappa shape index (κ3) is 3.93. The number of imidazole rings is 1. The number of hydrogen-bond donors (Lipinski definition) is 0. The number of benzene rings is 3. The molecule has 0 bridgehead atoms. The summed E-state index contributed by atoms with van der Waals surface area (Å²) in [4.78, 5) is 31.5. The molecule has 0 fully saturated rings. The zero-order valence-corrected chi connectivity index (χ0v) is 18.3. The van der Waals surface area contributed by atoms with Gasteiger partial charge in [0.2, 0.25) is 0 Å². The monoisotopic (exact) mass is 447 g/mol. The fourth-order valence-corrected chi connectivity index (χ4v) is 4.07. The second-order valence-corrected chi connectivity index (χ2v) is 8.00. The summed E-state index contributed by atoms with van der Waals surface area (Å²) in [5, 5.41) is 9.05. The second kappa shape index (κ2) is 9.04. The standard InChI is InChI=1S/C27H21N5O2/c28-17-21-11-13-22(14-12-21)18-30-19-29-25-24(30)26(33)31(16-15-20-7-3-1-4-8-20)27(34)32(25)23-9-5-2-6-10-23/h1-14,19H,15-16,18H2. The van der Waals surface area contributed by atoms with Crippen molar-refractivity contribution in [2.75, 3.05) is 0 Å². The van der Waals surface area contributed by atoms with Gasteiger partial charge >= 0.3 is 5.69 Å². The Morgan fingerprint density at radius 1 is 0.824 bits per heavy atom. The topological polar surface area (TPSA) is 85.6 Å². The van der Waals surface area contributed by atoms with Crippen LogP contribution in [0.15, 0.2) is 101 Å². The Morgan fingerprint density at radius 2 is 1.50 bits per heavy atom. The highest BCUT2D eigenvalue weighted by Crippen LogP contribution is 2.15. The van der Waals surface area contributed by atoms with E-state index in [1.54, 1.807) is 23.0 Å². The van der Waals surface area contributed by atoms with Gasteiger partial charge in [0, 0.05) is 13.1 Å². The molecule has 0 aliphatic heterocycles. The van der Waals surface area contributed by atoms with E-state index in [2.05, 4.69) is 11.1 Å². The smallest absolute Gasteiger partial charge is 0.320 e. The molecule has 5 aromatic rings. The van der Waals surface area contributed by atoms with Crippen molar-refractivity contribution < 1.29 is 0 Å². The summed E-state index contributed by atoms with van der Waals surface area (Å²) in [7, 11) is 0. The van der Waals surface area contributed by atoms with Crippen molar-refractivity contribution in [2.24, 2.45) is 0 Å². The van der Waals surface area contributed by atoms with Crippen LogP contribution in [0, 0.1) is 11.3 Å². The Morgan fingerprint density at radius 3 is 2.18 bits per heavy atom. The van der Waals surface area contributed by atoms with E-state index in [1.807, 2.05) is 72.8 Å². The predicted molar refractivity (Wildman–Crippen MR) is 130 cm³/mol. The molecule has 5 rings (SSSR count). The number of aryl methyl sites for hydroxylation is 1. The molecule has 7 nitrogen and oxygen atoms in total. The Hall–Kier alpha value is -4.70. The van der Waals surface area contributed by atoms with Gasteiger partial charge in [-0.1, -0.05) is 60.7 Å².